The normalized spacial score (nSPS) is 20.9. The fourth-order valence-corrected chi connectivity index (χ4v) is 1.07. The number of nitrogens with zero attached hydrogens (tertiary/aromatic N) is 1. The highest BCUT2D eigenvalue weighted by molar-refractivity contribution is 5.02. The van der Waals surface area contributed by atoms with E-state index in [1.165, 1.54) is 12.8 Å². The first-order chi connectivity index (χ1) is 4.33. The van der Waals surface area contributed by atoms with Crippen LogP contribution in [0.3, 0.4) is 0 Å². The van der Waals surface area contributed by atoms with E-state index in [0.717, 1.165) is 6.42 Å². The fraction of sp³-hybridized carbons (Fsp3) is 0.857. The van der Waals surface area contributed by atoms with Gasteiger partial charge in [-0.1, -0.05) is 0 Å². The van der Waals surface area contributed by atoms with Crippen LogP contribution in [0.25, 0.3) is 0 Å². The summed E-state index contributed by atoms with van der Waals surface area (Å²) in [5.74, 6) is 0. The van der Waals surface area contributed by atoms with Crippen molar-refractivity contribution in [1.82, 2.24) is 5.32 Å². The van der Waals surface area contributed by atoms with Gasteiger partial charge in [-0.2, -0.15) is 5.26 Å². The van der Waals surface area contributed by atoms with Gasteiger partial charge in [0, 0.05) is 12.0 Å². The molecule has 0 aromatic carbocycles. The van der Waals surface area contributed by atoms with Crippen LogP contribution in [0.15, 0.2) is 0 Å². The van der Waals surface area contributed by atoms with E-state index in [9.17, 15) is 0 Å². The summed E-state index contributed by atoms with van der Waals surface area (Å²) in [6.45, 7) is 0. The molecule has 0 aliphatic heterocycles. The average Bonchev–Trinajstić information content (AvgIpc) is 2.65. The first-order valence-electron chi connectivity index (χ1n) is 3.39. The van der Waals surface area contributed by atoms with Crippen molar-refractivity contribution in [3.63, 3.8) is 0 Å². The van der Waals surface area contributed by atoms with Crippen molar-refractivity contribution in [2.24, 2.45) is 0 Å². The summed E-state index contributed by atoms with van der Waals surface area (Å²) >= 11 is 0. The minimum Gasteiger partial charge on any atom is -0.314 e. The van der Waals surface area contributed by atoms with Crippen molar-refractivity contribution < 1.29 is 0 Å². The van der Waals surface area contributed by atoms with Crippen LogP contribution in [0.2, 0.25) is 0 Å². The molecule has 0 heterocycles. The summed E-state index contributed by atoms with van der Waals surface area (Å²) in [4.78, 5) is 0. The first-order valence-corrected chi connectivity index (χ1v) is 3.39. The van der Waals surface area contributed by atoms with E-state index in [1.54, 1.807) is 0 Å². The molecule has 1 fully saturated rings. The predicted octanol–water partition coefficient (Wildman–Crippen LogP) is 1.04. The molecular weight excluding hydrogens is 112 g/mol. The lowest BCUT2D eigenvalue weighted by atomic mass is 10.1. The molecule has 1 rings (SSSR count). The summed E-state index contributed by atoms with van der Waals surface area (Å²) in [6.07, 6.45) is 4.23. The Morgan fingerprint density at radius 1 is 1.67 bits per heavy atom. The first kappa shape index (κ1) is 6.57. The molecule has 0 unspecified atom stereocenters. The third kappa shape index (κ3) is 1.43. The Morgan fingerprint density at radius 2 is 2.33 bits per heavy atom. The van der Waals surface area contributed by atoms with E-state index in [4.69, 9.17) is 5.26 Å². The van der Waals surface area contributed by atoms with Gasteiger partial charge in [-0.15, -0.1) is 0 Å². The molecule has 0 spiro atoms. The highest BCUT2D eigenvalue weighted by atomic mass is 15.0. The smallest absolute Gasteiger partial charge is 0.0622 e. The zero-order valence-electron chi connectivity index (χ0n) is 5.78. The number of nitrogens with one attached hydrogen (secondary N) is 1. The number of nitriles is 1. The molecule has 0 amide bonds. The summed E-state index contributed by atoms with van der Waals surface area (Å²) in [5, 5.41) is 11.5. The highest BCUT2D eigenvalue weighted by Gasteiger charge is 2.39. The maximum atomic E-state index is 8.28. The number of hydrogen-bond acceptors (Lipinski definition) is 2. The van der Waals surface area contributed by atoms with Crippen molar-refractivity contribution in [2.45, 2.75) is 31.2 Å². The molecule has 1 aliphatic rings. The summed E-state index contributed by atoms with van der Waals surface area (Å²) in [7, 11) is 1.98. The van der Waals surface area contributed by atoms with Gasteiger partial charge in [-0.25, -0.2) is 0 Å². The maximum Gasteiger partial charge on any atom is 0.0622 e. The number of rotatable bonds is 3. The molecule has 0 saturated heterocycles. The number of hydrogen-bond donors (Lipinski definition) is 1. The molecule has 0 bridgehead atoms. The molecule has 0 radical (unpaired) electrons. The largest absolute Gasteiger partial charge is 0.314 e. The van der Waals surface area contributed by atoms with Crippen molar-refractivity contribution in [3.8, 4) is 6.07 Å². The molecule has 9 heavy (non-hydrogen) atoms. The van der Waals surface area contributed by atoms with Gasteiger partial charge in [0.2, 0.25) is 0 Å². The third-order valence-corrected chi connectivity index (χ3v) is 2.10. The van der Waals surface area contributed by atoms with E-state index in [-0.39, 0.29) is 0 Å². The van der Waals surface area contributed by atoms with Gasteiger partial charge in [-0.05, 0) is 26.3 Å². The third-order valence-electron chi connectivity index (χ3n) is 2.10. The standard InChI is InChI=1S/C7H12N2/c1-9-7(4-5-7)3-2-6-8/h9H,2-5H2,1H3. The topological polar surface area (TPSA) is 35.8 Å². The Bertz CT molecular complexity index is 130. The minimum absolute atomic E-state index is 0.371. The van der Waals surface area contributed by atoms with Crippen LogP contribution < -0.4 is 5.32 Å². The summed E-state index contributed by atoms with van der Waals surface area (Å²) in [5.41, 5.74) is 0.371. The summed E-state index contributed by atoms with van der Waals surface area (Å²) in [6, 6.07) is 2.16. The molecule has 0 aromatic rings. The Hall–Kier alpha value is -0.550. The minimum atomic E-state index is 0.371. The molecule has 0 aromatic heterocycles. The van der Waals surface area contributed by atoms with Gasteiger partial charge in [-0.3, -0.25) is 0 Å². The molecule has 50 valence electrons. The second-order valence-corrected chi connectivity index (χ2v) is 2.69. The van der Waals surface area contributed by atoms with Crippen LogP contribution in [0.5, 0.6) is 0 Å². The Morgan fingerprint density at radius 3 is 2.67 bits per heavy atom. The average molecular weight is 124 g/mol. The zero-order chi connectivity index (χ0) is 6.74. The van der Waals surface area contributed by atoms with Crippen molar-refractivity contribution >= 4 is 0 Å². The van der Waals surface area contributed by atoms with E-state index in [1.807, 2.05) is 7.05 Å². The molecular formula is C7H12N2. The van der Waals surface area contributed by atoms with Gasteiger partial charge in [0.15, 0.2) is 0 Å². The van der Waals surface area contributed by atoms with Crippen LogP contribution in [0.1, 0.15) is 25.7 Å². The second-order valence-electron chi connectivity index (χ2n) is 2.69. The fourth-order valence-electron chi connectivity index (χ4n) is 1.07. The van der Waals surface area contributed by atoms with Crippen LogP contribution >= 0.6 is 0 Å². The van der Waals surface area contributed by atoms with Crippen LogP contribution in [-0.2, 0) is 0 Å². The molecule has 1 N–H and O–H groups in total. The van der Waals surface area contributed by atoms with Gasteiger partial charge >= 0.3 is 0 Å². The molecule has 0 atom stereocenters. The SMILES string of the molecule is CNC1(CCC#N)CC1. The summed E-state index contributed by atoms with van der Waals surface area (Å²) < 4.78 is 0. The Balaban J connectivity index is 2.19. The Kier molecular flexibility index (Phi) is 1.73. The van der Waals surface area contributed by atoms with Crippen LogP contribution in [0.4, 0.5) is 0 Å². The van der Waals surface area contributed by atoms with Crippen molar-refractivity contribution in [3.05, 3.63) is 0 Å². The van der Waals surface area contributed by atoms with Gasteiger partial charge < -0.3 is 5.32 Å². The van der Waals surface area contributed by atoms with Crippen LogP contribution in [0, 0.1) is 11.3 Å². The lowest BCUT2D eigenvalue weighted by Crippen LogP contribution is -2.26. The quantitative estimate of drug-likeness (QED) is 0.610. The van der Waals surface area contributed by atoms with Crippen molar-refractivity contribution in [2.75, 3.05) is 7.05 Å². The lowest BCUT2D eigenvalue weighted by molar-refractivity contribution is 0.516. The van der Waals surface area contributed by atoms with E-state index in [2.05, 4.69) is 11.4 Å². The van der Waals surface area contributed by atoms with Crippen LogP contribution in [-0.4, -0.2) is 12.6 Å². The monoisotopic (exact) mass is 124 g/mol. The van der Waals surface area contributed by atoms with Gasteiger partial charge in [0.05, 0.1) is 6.07 Å². The highest BCUT2D eigenvalue weighted by Crippen LogP contribution is 2.38. The van der Waals surface area contributed by atoms with E-state index in [0.29, 0.717) is 12.0 Å². The van der Waals surface area contributed by atoms with Gasteiger partial charge in [0.25, 0.3) is 0 Å². The second kappa shape index (κ2) is 2.36. The maximum absolute atomic E-state index is 8.28. The Labute approximate surface area is 55.9 Å². The zero-order valence-corrected chi connectivity index (χ0v) is 5.78. The molecule has 1 saturated carbocycles. The van der Waals surface area contributed by atoms with Crippen molar-refractivity contribution in [1.29, 1.82) is 5.26 Å². The molecule has 1 aliphatic carbocycles. The lowest BCUT2D eigenvalue weighted by Gasteiger charge is -2.09. The molecule has 2 nitrogen and oxygen atoms in total. The van der Waals surface area contributed by atoms with E-state index >= 15 is 0 Å². The predicted molar refractivity (Wildman–Crippen MR) is 35.9 cm³/mol. The van der Waals surface area contributed by atoms with Gasteiger partial charge in [0.1, 0.15) is 0 Å². The van der Waals surface area contributed by atoms with E-state index < -0.39 is 0 Å². The molecule has 2 heteroatoms.